The topological polar surface area (TPSA) is 106 Å². The molecule has 172 valence electrons. The maximum atomic E-state index is 13.4. The van der Waals surface area contributed by atoms with Gasteiger partial charge in [-0.1, -0.05) is 19.4 Å². The van der Waals surface area contributed by atoms with Crippen LogP contribution in [0.4, 0.5) is 0 Å². The predicted molar refractivity (Wildman–Crippen MR) is 122 cm³/mol. The summed E-state index contributed by atoms with van der Waals surface area (Å²) in [6.45, 7) is 9.83. The first-order valence-electron chi connectivity index (χ1n) is 10.6. The minimum absolute atomic E-state index is 0.124. The first-order valence-corrected chi connectivity index (χ1v) is 11.5. The number of carbonyl (C=O) groups is 2. The molecule has 0 aliphatic rings. The smallest absolute Gasteiger partial charge is 0.247 e. The average Bonchev–Trinajstić information content (AvgIpc) is 3.45. The molecule has 0 aromatic carbocycles. The SMILES string of the molecule is CCCC(C(=O)NC(C)(C)C)N(Cc1cccs1)C(=O)Cn1nnc(-c2ccc(C)o2)n1. The number of carbonyl (C=O) groups excluding carboxylic acids is 2. The molecule has 0 aliphatic heterocycles. The van der Waals surface area contributed by atoms with E-state index in [2.05, 4.69) is 20.7 Å². The Labute approximate surface area is 191 Å². The summed E-state index contributed by atoms with van der Waals surface area (Å²) in [5, 5.41) is 17.2. The van der Waals surface area contributed by atoms with Gasteiger partial charge in [-0.15, -0.1) is 21.5 Å². The first-order chi connectivity index (χ1) is 15.2. The molecule has 1 atom stereocenters. The molecule has 0 fully saturated rings. The molecule has 3 aromatic rings. The van der Waals surface area contributed by atoms with Crippen molar-refractivity contribution in [3.8, 4) is 11.6 Å². The van der Waals surface area contributed by atoms with Crippen molar-refractivity contribution >= 4 is 23.2 Å². The highest BCUT2D eigenvalue weighted by Crippen LogP contribution is 2.19. The zero-order valence-corrected chi connectivity index (χ0v) is 20.0. The second-order valence-corrected chi connectivity index (χ2v) is 9.73. The Hall–Kier alpha value is -3.01. The van der Waals surface area contributed by atoms with Crippen molar-refractivity contribution in [2.75, 3.05) is 0 Å². The van der Waals surface area contributed by atoms with Crippen molar-refractivity contribution in [3.05, 3.63) is 40.3 Å². The third-order valence-electron chi connectivity index (χ3n) is 4.66. The predicted octanol–water partition coefficient (Wildman–Crippen LogP) is 3.42. The van der Waals surface area contributed by atoms with Crippen LogP contribution >= 0.6 is 11.3 Å². The number of hydrogen-bond donors (Lipinski definition) is 1. The van der Waals surface area contributed by atoms with Crippen molar-refractivity contribution in [3.63, 3.8) is 0 Å². The van der Waals surface area contributed by atoms with Gasteiger partial charge in [0.1, 0.15) is 18.3 Å². The van der Waals surface area contributed by atoms with Crippen molar-refractivity contribution in [1.29, 1.82) is 0 Å². The molecule has 0 aliphatic carbocycles. The van der Waals surface area contributed by atoms with E-state index in [9.17, 15) is 9.59 Å². The number of nitrogens with zero attached hydrogens (tertiary/aromatic N) is 5. The zero-order valence-electron chi connectivity index (χ0n) is 19.2. The molecule has 0 bridgehead atoms. The maximum Gasteiger partial charge on any atom is 0.247 e. The van der Waals surface area contributed by atoms with Gasteiger partial charge in [-0.25, -0.2) is 0 Å². The summed E-state index contributed by atoms with van der Waals surface area (Å²) in [5.74, 6) is 1.13. The fourth-order valence-corrected chi connectivity index (χ4v) is 3.98. The molecule has 9 nitrogen and oxygen atoms in total. The number of rotatable bonds is 9. The van der Waals surface area contributed by atoms with Crippen LogP contribution in [0.1, 0.15) is 51.2 Å². The highest BCUT2D eigenvalue weighted by atomic mass is 32.1. The summed E-state index contributed by atoms with van der Waals surface area (Å²) in [5.41, 5.74) is -0.399. The van der Waals surface area contributed by atoms with Crippen LogP contribution in [0.25, 0.3) is 11.6 Å². The summed E-state index contributed by atoms with van der Waals surface area (Å²) in [6, 6.07) is 6.87. The van der Waals surface area contributed by atoms with Gasteiger partial charge < -0.3 is 14.6 Å². The Kier molecular flexibility index (Phi) is 7.44. The molecule has 0 radical (unpaired) electrons. The van der Waals surface area contributed by atoms with E-state index >= 15 is 0 Å². The van der Waals surface area contributed by atoms with Crippen molar-refractivity contribution in [1.82, 2.24) is 30.4 Å². The minimum atomic E-state index is -0.593. The van der Waals surface area contributed by atoms with Gasteiger partial charge in [0.15, 0.2) is 5.76 Å². The molecule has 1 unspecified atom stereocenters. The van der Waals surface area contributed by atoms with Crippen LogP contribution in [0.15, 0.2) is 34.1 Å². The normalized spacial score (nSPS) is 12.5. The lowest BCUT2D eigenvalue weighted by molar-refractivity contribution is -0.143. The minimum Gasteiger partial charge on any atom is -0.458 e. The maximum absolute atomic E-state index is 13.4. The van der Waals surface area contributed by atoms with Crippen LogP contribution in [0.2, 0.25) is 0 Å². The highest BCUT2D eigenvalue weighted by molar-refractivity contribution is 7.09. The summed E-state index contributed by atoms with van der Waals surface area (Å²) < 4.78 is 5.53. The number of aromatic nitrogens is 4. The van der Waals surface area contributed by atoms with Crippen molar-refractivity contribution < 1.29 is 14.0 Å². The van der Waals surface area contributed by atoms with Gasteiger partial charge in [-0.2, -0.15) is 4.80 Å². The number of thiophene rings is 1. The lowest BCUT2D eigenvalue weighted by Gasteiger charge is -2.33. The molecule has 0 saturated carbocycles. The van der Waals surface area contributed by atoms with Crippen LogP contribution in [0, 0.1) is 6.92 Å². The molecular weight excluding hydrogens is 428 g/mol. The van der Waals surface area contributed by atoms with E-state index in [0.29, 0.717) is 24.6 Å². The molecule has 32 heavy (non-hydrogen) atoms. The van der Waals surface area contributed by atoms with Crippen LogP contribution in [0.3, 0.4) is 0 Å². The first kappa shape index (κ1) is 23.6. The zero-order chi connectivity index (χ0) is 23.3. The Morgan fingerprint density at radius 3 is 2.66 bits per heavy atom. The van der Waals surface area contributed by atoms with E-state index in [0.717, 1.165) is 17.1 Å². The fraction of sp³-hybridized carbons (Fsp3) is 0.500. The molecule has 0 saturated heterocycles. The van der Waals surface area contributed by atoms with E-state index in [1.807, 2.05) is 58.2 Å². The van der Waals surface area contributed by atoms with Crippen LogP contribution in [0.5, 0.6) is 0 Å². The molecule has 3 rings (SSSR count). The monoisotopic (exact) mass is 458 g/mol. The van der Waals surface area contributed by atoms with Gasteiger partial charge >= 0.3 is 0 Å². The number of nitrogens with one attached hydrogen (secondary N) is 1. The molecule has 3 aromatic heterocycles. The molecule has 0 spiro atoms. The third-order valence-corrected chi connectivity index (χ3v) is 5.52. The second-order valence-electron chi connectivity index (χ2n) is 8.70. The van der Waals surface area contributed by atoms with E-state index < -0.39 is 11.6 Å². The molecule has 10 heteroatoms. The lowest BCUT2D eigenvalue weighted by atomic mass is 10.0. The molecule has 3 heterocycles. The highest BCUT2D eigenvalue weighted by Gasteiger charge is 2.32. The number of furan rings is 1. The standard InChI is InChI=1S/C22H30N6O3S/c1-6-8-17(21(30)23-22(3,4)5)27(13-16-9-7-12-32-16)19(29)14-28-25-20(24-26-28)18-11-10-15(2)31-18/h7,9-12,17H,6,8,13-14H2,1-5H3,(H,23,30). The van der Waals surface area contributed by atoms with Crippen LogP contribution < -0.4 is 5.32 Å². The third kappa shape index (κ3) is 6.25. The van der Waals surface area contributed by atoms with E-state index in [1.54, 1.807) is 22.3 Å². The quantitative estimate of drug-likeness (QED) is 0.527. The van der Waals surface area contributed by atoms with Crippen LogP contribution in [-0.2, 0) is 22.7 Å². The van der Waals surface area contributed by atoms with Gasteiger partial charge in [0.25, 0.3) is 0 Å². The van der Waals surface area contributed by atoms with Crippen molar-refractivity contribution in [2.24, 2.45) is 0 Å². The average molecular weight is 459 g/mol. The van der Waals surface area contributed by atoms with Gasteiger partial charge in [-0.3, -0.25) is 9.59 Å². The lowest BCUT2D eigenvalue weighted by Crippen LogP contribution is -2.54. The summed E-state index contributed by atoms with van der Waals surface area (Å²) in [4.78, 5) is 30.3. The van der Waals surface area contributed by atoms with Crippen LogP contribution in [-0.4, -0.2) is 48.5 Å². The Morgan fingerprint density at radius 1 is 1.28 bits per heavy atom. The summed E-state index contributed by atoms with van der Waals surface area (Å²) in [6.07, 6.45) is 1.32. The van der Waals surface area contributed by atoms with E-state index in [4.69, 9.17) is 4.42 Å². The van der Waals surface area contributed by atoms with E-state index in [-0.39, 0.29) is 18.4 Å². The summed E-state index contributed by atoms with van der Waals surface area (Å²) in [7, 11) is 0. The largest absolute Gasteiger partial charge is 0.458 e. The van der Waals surface area contributed by atoms with Gasteiger partial charge in [0.05, 0.1) is 6.54 Å². The van der Waals surface area contributed by atoms with Crippen molar-refractivity contribution in [2.45, 2.75) is 72.1 Å². The number of hydrogen-bond acceptors (Lipinski definition) is 7. The van der Waals surface area contributed by atoms with Gasteiger partial charge in [0.2, 0.25) is 17.6 Å². The summed E-state index contributed by atoms with van der Waals surface area (Å²) >= 11 is 1.55. The molecular formula is C22H30N6O3S. The Morgan fingerprint density at radius 2 is 2.06 bits per heavy atom. The number of amides is 2. The molecule has 2 amide bonds. The van der Waals surface area contributed by atoms with Gasteiger partial charge in [-0.05, 0) is 62.9 Å². The fourth-order valence-electron chi connectivity index (χ4n) is 3.27. The van der Waals surface area contributed by atoms with Gasteiger partial charge in [0, 0.05) is 10.4 Å². The molecule has 1 N–H and O–H groups in total. The Bertz CT molecular complexity index is 1030. The van der Waals surface area contributed by atoms with E-state index in [1.165, 1.54) is 4.80 Å². The number of tetrazole rings is 1. The Balaban J connectivity index is 1.82. The number of aryl methyl sites for hydroxylation is 1. The second kappa shape index (κ2) is 10.1.